The van der Waals surface area contributed by atoms with E-state index in [1.165, 1.54) is 0 Å². The van der Waals surface area contributed by atoms with Gasteiger partial charge in [-0.1, -0.05) is 6.42 Å². The Labute approximate surface area is 125 Å². The first-order chi connectivity index (χ1) is 10.4. The van der Waals surface area contributed by atoms with Crippen LogP contribution in [0.1, 0.15) is 31.2 Å². The van der Waals surface area contributed by atoms with Gasteiger partial charge in [0.15, 0.2) is 5.75 Å². The number of hydrogen-bond acceptors (Lipinski definition) is 4. The van der Waals surface area contributed by atoms with Gasteiger partial charge >= 0.3 is 11.9 Å². The lowest BCUT2D eigenvalue weighted by Gasteiger charge is -2.23. The first-order valence-corrected chi connectivity index (χ1v) is 7.10. The molecule has 1 heterocycles. The fourth-order valence-electron chi connectivity index (χ4n) is 2.44. The zero-order chi connectivity index (χ0) is 16.2. The van der Waals surface area contributed by atoms with E-state index in [2.05, 4.69) is 5.32 Å². The third-order valence-electron chi connectivity index (χ3n) is 3.62. The van der Waals surface area contributed by atoms with Gasteiger partial charge in [0, 0.05) is 12.1 Å². The number of nitrogens with one attached hydrogen (secondary N) is 1. The van der Waals surface area contributed by atoms with E-state index < -0.39 is 22.4 Å². The van der Waals surface area contributed by atoms with E-state index in [9.17, 15) is 23.3 Å². The number of alkyl halides is 3. The number of nitro benzene ring substituents is 1. The maximum absolute atomic E-state index is 12.6. The van der Waals surface area contributed by atoms with Gasteiger partial charge in [-0.25, -0.2) is 0 Å². The summed E-state index contributed by atoms with van der Waals surface area (Å²) in [4.78, 5) is 10.1. The van der Waals surface area contributed by atoms with Crippen LogP contribution in [0, 0.1) is 10.1 Å². The second-order valence-electron chi connectivity index (χ2n) is 5.22. The molecule has 0 radical (unpaired) electrons. The minimum Gasteiger partial charge on any atom is -0.487 e. The molecule has 5 nitrogen and oxygen atoms in total. The van der Waals surface area contributed by atoms with Crippen LogP contribution in [0.4, 0.5) is 18.9 Å². The molecule has 0 unspecified atom stereocenters. The van der Waals surface area contributed by atoms with Gasteiger partial charge in [0.05, 0.1) is 17.1 Å². The second-order valence-corrected chi connectivity index (χ2v) is 5.22. The number of ether oxygens (including phenoxy) is 1. The highest BCUT2D eigenvalue weighted by Crippen LogP contribution is 2.36. The first-order valence-electron chi connectivity index (χ1n) is 7.10. The highest BCUT2D eigenvalue weighted by Gasteiger charge is 2.33. The molecular formula is C14H17F3N2O3. The van der Waals surface area contributed by atoms with Gasteiger partial charge in [0.25, 0.3) is 0 Å². The molecule has 0 bridgehead atoms. The molecule has 8 heteroatoms. The summed E-state index contributed by atoms with van der Waals surface area (Å²) < 4.78 is 43.1. The Kier molecular flexibility index (Phi) is 5.23. The van der Waals surface area contributed by atoms with E-state index in [1.807, 2.05) is 0 Å². The predicted molar refractivity (Wildman–Crippen MR) is 73.9 cm³/mol. The molecule has 0 amide bonds. The zero-order valence-electron chi connectivity index (χ0n) is 11.9. The number of piperidine rings is 1. The molecule has 1 aliphatic rings. The minimum atomic E-state index is -4.62. The van der Waals surface area contributed by atoms with Crippen LogP contribution in [-0.2, 0) is 6.18 Å². The molecule has 0 saturated carbocycles. The summed E-state index contributed by atoms with van der Waals surface area (Å²) in [6.07, 6.45) is -0.689. The number of benzene rings is 1. The van der Waals surface area contributed by atoms with E-state index in [1.54, 1.807) is 0 Å². The Morgan fingerprint density at radius 1 is 1.36 bits per heavy atom. The topological polar surface area (TPSA) is 64.4 Å². The average molecular weight is 318 g/mol. The van der Waals surface area contributed by atoms with Crippen LogP contribution in [0.25, 0.3) is 0 Å². The smallest absolute Gasteiger partial charge is 0.416 e. The molecule has 1 aromatic carbocycles. The molecule has 1 N–H and O–H groups in total. The van der Waals surface area contributed by atoms with E-state index >= 15 is 0 Å². The van der Waals surface area contributed by atoms with E-state index in [0.29, 0.717) is 18.5 Å². The van der Waals surface area contributed by atoms with Gasteiger partial charge in [0.1, 0.15) is 0 Å². The third-order valence-corrected chi connectivity index (χ3v) is 3.62. The van der Waals surface area contributed by atoms with Crippen molar-refractivity contribution in [2.45, 2.75) is 37.9 Å². The van der Waals surface area contributed by atoms with Gasteiger partial charge in [0.2, 0.25) is 0 Å². The highest BCUT2D eigenvalue weighted by molar-refractivity contribution is 5.49. The van der Waals surface area contributed by atoms with E-state index in [0.717, 1.165) is 37.9 Å². The van der Waals surface area contributed by atoms with Crippen molar-refractivity contribution in [3.05, 3.63) is 33.9 Å². The standard InChI is InChI=1S/C14H17F3N2O3/c15-14(16,17)10-4-5-13(12(9-10)19(20)21)22-8-6-11-3-1-2-7-18-11/h4-5,9,11,18H,1-3,6-8H2/t11-/m0/s1. The average Bonchev–Trinajstić information content (AvgIpc) is 2.47. The maximum atomic E-state index is 12.6. The molecule has 122 valence electrons. The number of rotatable bonds is 5. The van der Waals surface area contributed by atoms with Gasteiger partial charge in [-0.05, 0) is 37.9 Å². The fourth-order valence-corrected chi connectivity index (χ4v) is 2.44. The number of nitrogens with zero attached hydrogens (tertiary/aromatic N) is 1. The molecule has 1 aromatic rings. The summed E-state index contributed by atoms with van der Waals surface area (Å²) >= 11 is 0. The van der Waals surface area contributed by atoms with Gasteiger partial charge in [-0.3, -0.25) is 10.1 Å². The molecule has 1 fully saturated rings. The Balaban J connectivity index is 2.01. The summed E-state index contributed by atoms with van der Waals surface area (Å²) in [6, 6.07) is 2.60. The maximum Gasteiger partial charge on any atom is 0.416 e. The van der Waals surface area contributed by atoms with E-state index in [4.69, 9.17) is 4.74 Å². The minimum absolute atomic E-state index is 0.131. The quantitative estimate of drug-likeness (QED) is 0.666. The fraction of sp³-hybridized carbons (Fsp3) is 0.571. The molecule has 0 spiro atoms. The van der Waals surface area contributed by atoms with Crippen molar-refractivity contribution in [1.82, 2.24) is 5.32 Å². The molecule has 0 aliphatic carbocycles. The highest BCUT2D eigenvalue weighted by atomic mass is 19.4. The molecule has 1 atom stereocenters. The third kappa shape index (κ3) is 4.33. The van der Waals surface area contributed by atoms with Crippen LogP contribution < -0.4 is 10.1 Å². The molecular weight excluding hydrogens is 301 g/mol. The summed E-state index contributed by atoms with van der Waals surface area (Å²) in [6.45, 7) is 1.16. The summed E-state index contributed by atoms with van der Waals surface area (Å²) in [5.74, 6) is -0.131. The van der Waals surface area contributed by atoms with Crippen molar-refractivity contribution < 1.29 is 22.8 Å². The molecule has 1 aliphatic heterocycles. The monoisotopic (exact) mass is 318 g/mol. The SMILES string of the molecule is O=[N+]([O-])c1cc(C(F)(F)F)ccc1OCC[C@@H]1CCCCN1. The molecule has 22 heavy (non-hydrogen) atoms. The zero-order valence-corrected chi connectivity index (χ0v) is 11.9. The summed E-state index contributed by atoms with van der Waals surface area (Å²) in [5.41, 5.74) is -1.72. The van der Waals surface area contributed by atoms with Crippen molar-refractivity contribution in [3.8, 4) is 5.75 Å². The Morgan fingerprint density at radius 3 is 2.73 bits per heavy atom. The second kappa shape index (κ2) is 6.95. The van der Waals surface area contributed by atoms with Crippen LogP contribution in [0.5, 0.6) is 5.75 Å². The van der Waals surface area contributed by atoms with Crippen molar-refractivity contribution in [1.29, 1.82) is 0 Å². The van der Waals surface area contributed by atoms with Crippen LogP contribution in [0.3, 0.4) is 0 Å². The Hall–Kier alpha value is -1.83. The largest absolute Gasteiger partial charge is 0.487 e. The van der Waals surface area contributed by atoms with Crippen molar-refractivity contribution >= 4 is 5.69 Å². The van der Waals surface area contributed by atoms with Crippen molar-refractivity contribution in [2.75, 3.05) is 13.2 Å². The summed E-state index contributed by atoms with van der Waals surface area (Å²) in [7, 11) is 0. The Morgan fingerprint density at radius 2 is 2.14 bits per heavy atom. The van der Waals surface area contributed by atoms with E-state index in [-0.39, 0.29) is 12.4 Å². The lowest BCUT2D eigenvalue weighted by molar-refractivity contribution is -0.386. The number of nitro groups is 1. The predicted octanol–water partition coefficient (Wildman–Crippen LogP) is 3.52. The van der Waals surface area contributed by atoms with Crippen molar-refractivity contribution in [3.63, 3.8) is 0 Å². The van der Waals surface area contributed by atoms with Gasteiger partial charge in [-0.15, -0.1) is 0 Å². The lowest BCUT2D eigenvalue weighted by atomic mass is 10.0. The molecule has 0 aromatic heterocycles. The van der Waals surface area contributed by atoms with Gasteiger partial charge in [-0.2, -0.15) is 13.2 Å². The van der Waals surface area contributed by atoms with Gasteiger partial charge < -0.3 is 10.1 Å². The van der Waals surface area contributed by atoms with Crippen LogP contribution in [-0.4, -0.2) is 24.1 Å². The van der Waals surface area contributed by atoms with Crippen LogP contribution >= 0.6 is 0 Å². The first kappa shape index (κ1) is 16.5. The van der Waals surface area contributed by atoms with Crippen LogP contribution in [0.2, 0.25) is 0 Å². The molecule has 1 saturated heterocycles. The number of halogens is 3. The summed E-state index contributed by atoms with van der Waals surface area (Å²) in [5, 5.41) is 14.2. The normalized spacial score (nSPS) is 19.0. The van der Waals surface area contributed by atoms with Crippen LogP contribution in [0.15, 0.2) is 18.2 Å². The lowest BCUT2D eigenvalue weighted by Crippen LogP contribution is -2.35. The van der Waals surface area contributed by atoms with Crippen molar-refractivity contribution in [2.24, 2.45) is 0 Å². The molecule has 2 rings (SSSR count). The Bertz CT molecular complexity index is 529. The number of hydrogen-bond donors (Lipinski definition) is 1.